The quantitative estimate of drug-likeness (QED) is 0.848. The zero-order valence-corrected chi connectivity index (χ0v) is 11.1. The molecule has 1 rings (SSSR count). The normalized spacial score (nSPS) is 13.4. The number of alkyl halides is 3. The second-order valence-corrected chi connectivity index (χ2v) is 4.28. The van der Waals surface area contributed by atoms with E-state index >= 15 is 0 Å². The summed E-state index contributed by atoms with van der Waals surface area (Å²) < 4.78 is 41.6. The summed E-state index contributed by atoms with van der Waals surface area (Å²) in [5.41, 5.74) is 0.642. The molecule has 0 aliphatic heterocycles. The molecule has 0 aliphatic rings. The zero-order valence-electron chi connectivity index (χ0n) is 10.3. The summed E-state index contributed by atoms with van der Waals surface area (Å²) in [5, 5.41) is 12.1. The van der Waals surface area contributed by atoms with Gasteiger partial charge < -0.3 is 15.2 Å². The minimum atomic E-state index is -4.71. The summed E-state index contributed by atoms with van der Waals surface area (Å²) in [7, 11) is 0. The fraction of sp³-hybridized carbons (Fsp3) is 0.500. The van der Waals surface area contributed by atoms with Crippen molar-refractivity contribution in [3.05, 3.63) is 28.8 Å². The maximum absolute atomic E-state index is 12.2. The number of rotatable bonds is 6. The molecular weight excluding hydrogens is 283 g/mol. The summed E-state index contributed by atoms with van der Waals surface area (Å²) in [5.74, 6) is 0.161. The van der Waals surface area contributed by atoms with Crippen molar-refractivity contribution in [2.75, 3.05) is 13.2 Å². The van der Waals surface area contributed by atoms with Crippen LogP contribution >= 0.6 is 11.6 Å². The molecule has 0 amide bonds. The number of hydrogen-bond acceptors (Lipinski definition) is 3. The first-order valence-electron chi connectivity index (χ1n) is 5.72. The summed E-state index contributed by atoms with van der Waals surface area (Å²) in [6, 6.07) is 4.90. The van der Waals surface area contributed by atoms with Crippen molar-refractivity contribution < 1.29 is 23.0 Å². The fourth-order valence-electron chi connectivity index (χ4n) is 1.37. The second kappa shape index (κ2) is 6.98. The molecule has 0 spiro atoms. The molecule has 1 aromatic carbocycles. The standard InChI is InChI=1S/C12H15ClF3NO2/c1-2-17-6-8-4-3-5-9(13)11(8)19-7-10(18)12(14,15)16/h3-5,10,17-18H,2,6-7H2,1H3. The van der Waals surface area contributed by atoms with Crippen molar-refractivity contribution in [1.29, 1.82) is 0 Å². The Kier molecular flexibility index (Phi) is 5.90. The SMILES string of the molecule is CCNCc1cccc(Cl)c1OCC(O)C(F)(F)F. The van der Waals surface area contributed by atoms with Gasteiger partial charge in [-0.3, -0.25) is 0 Å². The van der Waals surface area contributed by atoms with Crippen molar-refractivity contribution in [3.8, 4) is 5.75 Å². The van der Waals surface area contributed by atoms with Gasteiger partial charge in [-0.05, 0) is 12.6 Å². The number of aliphatic hydroxyl groups is 1. The van der Waals surface area contributed by atoms with E-state index in [1.165, 1.54) is 6.07 Å². The zero-order chi connectivity index (χ0) is 14.5. The van der Waals surface area contributed by atoms with Crippen molar-refractivity contribution in [1.82, 2.24) is 5.32 Å². The Balaban J connectivity index is 2.76. The van der Waals surface area contributed by atoms with Crippen LogP contribution in [0.2, 0.25) is 5.02 Å². The second-order valence-electron chi connectivity index (χ2n) is 3.88. The highest BCUT2D eigenvalue weighted by Gasteiger charge is 2.38. The highest BCUT2D eigenvalue weighted by Crippen LogP contribution is 2.30. The van der Waals surface area contributed by atoms with E-state index in [9.17, 15) is 13.2 Å². The molecule has 3 nitrogen and oxygen atoms in total. The van der Waals surface area contributed by atoms with Crippen LogP contribution < -0.4 is 10.1 Å². The number of aliphatic hydroxyl groups excluding tert-OH is 1. The van der Waals surface area contributed by atoms with Crippen molar-refractivity contribution in [2.45, 2.75) is 25.7 Å². The Morgan fingerprint density at radius 1 is 1.42 bits per heavy atom. The Labute approximate surface area is 114 Å². The molecule has 19 heavy (non-hydrogen) atoms. The maximum Gasteiger partial charge on any atom is 0.417 e. The van der Waals surface area contributed by atoms with Gasteiger partial charge in [-0.15, -0.1) is 0 Å². The van der Waals surface area contributed by atoms with Crippen molar-refractivity contribution >= 4 is 11.6 Å². The smallest absolute Gasteiger partial charge is 0.417 e. The van der Waals surface area contributed by atoms with Gasteiger partial charge >= 0.3 is 6.18 Å². The molecule has 0 fully saturated rings. The first-order chi connectivity index (χ1) is 8.86. The van der Waals surface area contributed by atoms with E-state index in [0.29, 0.717) is 18.7 Å². The van der Waals surface area contributed by atoms with Crippen LogP contribution in [0.1, 0.15) is 12.5 Å². The minimum absolute atomic E-state index is 0.161. The van der Waals surface area contributed by atoms with Crippen LogP contribution in [0.4, 0.5) is 13.2 Å². The number of nitrogens with one attached hydrogen (secondary N) is 1. The number of benzene rings is 1. The van der Waals surface area contributed by atoms with Gasteiger partial charge in [-0.25, -0.2) is 0 Å². The number of halogens is 4. The lowest BCUT2D eigenvalue weighted by Crippen LogP contribution is -2.34. The largest absolute Gasteiger partial charge is 0.489 e. The molecule has 2 N–H and O–H groups in total. The van der Waals surface area contributed by atoms with Crippen LogP contribution in [0, 0.1) is 0 Å². The molecule has 0 saturated carbocycles. The van der Waals surface area contributed by atoms with Gasteiger partial charge in [0, 0.05) is 12.1 Å². The minimum Gasteiger partial charge on any atom is -0.489 e. The van der Waals surface area contributed by atoms with Crippen LogP contribution in [-0.4, -0.2) is 30.5 Å². The van der Waals surface area contributed by atoms with E-state index in [-0.39, 0.29) is 10.8 Å². The molecule has 108 valence electrons. The van der Waals surface area contributed by atoms with E-state index in [4.69, 9.17) is 21.4 Å². The molecular formula is C12H15ClF3NO2. The number of ether oxygens (including phenoxy) is 1. The van der Waals surface area contributed by atoms with Gasteiger partial charge in [0.2, 0.25) is 0 Å². The molecule has 7 heteroatoms. The lowest BCUT2D eigenvalue weighted by Gasteiger charge is -2.18. The van der Waals surface area contributed by atoms with Crippen LogP contribution in [0.25, 0.3) is 0 Å². The van der Waals surface area contributed by atoms with Gasteiger partial charge in [0.05, 0.1) is 5.02 Å². The molecule has 0 radical (unpaired) electrons. The monoisotopic (exact) mass is 297 g/mol. The Bertz CT molecular complexity index is 412. The molecule has 0 heterocycles. The van der Waals surface area contributed by atoms with E-state index in [2.05, 4.69) is 5.32 Å². The Morgan fingerprint density at radius 2 is 2.11 bits per heavy atom. The highest BCUT2D eigenvalue weighted by atomic mass is 35.5. The van der Waals surface area contributed by atoms with Gasteiger partial charge in [-0.1, -0.05) is 30.7 Å². The number of para-hydroxylation sites is 1. The van der Waals surface area contributed by atoms with Gasteiger partial charge in [-0.2, -0.15) is 13.2 Å². The van der Waals surface area contributed by atoms with Gasteiger partial charge in [0.1, 0.15) is 12.4 Å². The lowest BCUT2D eigenvalue weighted by atomic mass is 10.2. The molecule has 1 atom stereocenters. The van der Waals surface area contributed by atoms with Crippen LogP contribution in [0.3, 0.4) is 0 Å². The molecule has 1 aromatic rings. The third-order valence-electron chi connectivity index (χ3n) is 2.38. The molecule has 1 unspecified atom stereocenters. The van der Waals surface area contributed by atoms with E-state index in [1.807, 2.05) is 6.92 Å². The summed E-state index contributed by atoms with van der Waals surface area (Å²) in [6.07, 6.45) is -7.24. The average Bonchev–Trinajstić information content (AvgIpc) is 2.33. The topological polar surface area (TPSA) is 41.5 Å². The summed E-state index contributed by atoms with van der Waals surface area (Å²) in [4.78, 5) is 0. The third kappa shape index (κ3) is 4.89. The van der Waals surface area contributed by atoms with Crippen LogP contribution in [0.15, 0.2) is 18.2 Å². The Morgan fingerprint density at radius 3 is 2.68 bits per heavy atom. The van der Waals surface area contributed by atoms with Gasteiger partial charge in [0.15, 0.2) is 6.10 Å². The molecule has 0 bridgehead atoms. The van der Waals surface area contributed by atoms with E-state index < -0.39 is 18.9 Å². The molecule has 0 saturated heterocycles. The average molecular weight is 298 g/mol. The molecule has 0 aliphatic carbocycles. The van der Waals surface area contributed by atoms with E-state index in [1.54, 1.807) is 12.1 Å². The number of hydrogen-bond donors (Lipinski definition) is 2. The predicted molar refractivity (Wildman–Crippen MR) is 66.4 cm³/mol. The van der Waals surface area contributed by atoms with Crippen LogP contribution in [0.5, 0.6) is 5.75 Å². The molecule has 0 aromatic heterocycles. The van der Waals surface area contributed by atoms with Crippen LogP contribution in [-0.2, 0) is 6.54 Å². The van der Waals surface area contributed by atoms with Crippen molar-refractivity contribution in [2.24, 2.45) is 0 Å². The van der Waals surface area contributed by atoms with Gasteiger partial charge in [0.25, 0.3) is 0 Å². The highest BCUT2D eigenvalue weighted by molar-refractivity contribution is 6.32. The summed E-state index contributed by atoms with van der Waals surface area (Å²) in [6.45, 7) is 2.15. The first-order valence-corrected chi connectivity index (χ1v) is 6.09. The Hall–Kier alpha value is -0.980. The maximum atomic E-state index is 12.2. The fourth-order valence-corrected chi connectivity index (χ4v) is 1.62. The third-order valence-corrected chi connectivity index (χ3v) is 2.67. The first kappa shape index (κ1) is 16.1. The van der Waals surface area contributed by atoms with Crippen molar-refractivity contribution in [3.63, 3.8) is 0 Å². The van der Waals surface area contributed by atoms with E-state index in [0.717, 1.165) is 0 Å². The summed E-state index contributed by atoms with van der Waals surface area (Å²) >= 11 is 5.89. The predicted octanol–water partition coefficient (Wildman–Crippen LogP) is 2.75. The lowest BCUT2D eigenvalue weighted by molar-refractivity contribution is -0.210.